The standard InChI is InChI=1S/C14H19FN2O2/c15-12-1-3-13(4-2-12)17-14(18)10-16-9-11-5-7-19-8-6-11/h1-4,11,16H,5-10H2,(H,17,18). The van der Waals surface area contributed by atoms with Gasteiger partial charge in [0.05, 0.1) is 6.54 Å². The quantitative estimate of drug-likeness (QED) is 0.854. The highest BCUT2D eigenvalue weighted by molar-refractivity contribution is 5.92. The minimum absolute atomic E-state index is 0.112. The van der Waals surface area contributed by atoms with Gasteiger partial charge in [0.1, 0.15) is 5.82 Å². The van der Waals surface area contributed by atoms with Crippen molar-refractivity contribution < 1.29 is 13.9 Å². The third-order valence-corrected chi connectivity index (χ3v) is 3.19. The van der Waals surface area contributed by atoms with Gasteiger partial charge in [0.2, 0.25) is 5.91 Å². The molecule has 0 aliphatic carbocycles. The summed E-state index contributed by atoms with van der Waals surface area (Å²) >= 11 is 0. The van der Waals surface area contributed by atoms with Gasteiger partial charge in [-0.25, -0.2) is 4.39 Å². The van der Waals surface area contributed by atoms with E-state index < -0.39 is 0 Å². The van der Waals surface area contributed by atoms with Crippen molar-refractivity contribution in [1.29, 1.82) is 0 Å². The molecule has 0 bridgehead atoms. The van der Waals surface area contributed by atoms with Crippen LogP contribution in [0.3, 0.4) is 0 Å². The molecule has 1 aromatic rings. The topological polar surface area (TPSA) is 50.4 Å². The number of benzene rings is 1. The van der Waals surface area contributed by atoms with E-state index in [1.807, 2.05) is 0 Å². The number of ether oxygens (including phenoxy) is 1. The minimum atomic E-state index is -0.310. The average Bonchev–Trinajstić information content (AvgIpc) is 2.43. The van der Waals surface area contributed by atoms with Crippen molar-refractivity contribution in [3.8, 4) is 0 Å². The van der Waals surface area contributed by atoms with Crippen LogP contribution < -0.4 is 10.6 Å². The molecule has 0 saturated carbocycles. The lowest BCUT2D eigenvalue weighted by Crippen LogP contribution is -2.33. The number of hydrogen-bond donors (Lipinski definition) is 2. The van der Waals surface area contributed by atoms with Gasteiger partial charge in [0, 0.05) is 18.9 Å². The predicted molar refractivity (Wildman–Crippen MR) is 71.4 cm³/mol. The molecule has 0 radical (unpaired) electrons. The molecular formula is C14H19FN2O2. The van der Waals surface area contributed by atoms with Gasteiger partial charge >= 0.3 is 0 Å². The first kappa shape index (κ1) is 14.0. The van der Waals surface area contributed by atoms with Crippen LogP contribution in [-0.4, -0.2) is 32.2 Å². The summed E-state index contributed by atoms with van der Waals surface area (Å²) in [6.45, 7) is 2.73. The summed E-state index contributed by atoms with van der Waals surface area (Å²) in [6, 6.07) is 5.74. The molecule has 0 atom stereocenters. The van der Waals surface area contributed by atoms with Gasteiger partial charge in [0.15, 0.2) is 0 Å². The van der Waals surface area contributed by atoms with E-state index in [0.29, 0.717) is 11.6 Å². The Morgan fingerprint density at radius 2 is 1.95 bits per heavy atom. The highest BCUT2D eigenvalue weighted by atomic mass is 19.1. The second kappa shape index (κ2) is 7.21. The van der Waals surface area contributed by atoms with Crippen molar-refractivity contribution in [3.63, 3.8) is 0 Å². The van der Waals surface area contributed by atoms with Gasteiger partial charge in [-0.05, 0) is 49.6 Å². The summed E-state index contributed by atoms with van der Waals surface area (Å²) in [5, 5.41) is 5.86. The van der Waals surface area contributed by atoms with E-state index in [0.717, 1.165) is 32.6 Å². The van der Waals surface area contributed by atoms with E-state index in [1.54, 1.807) is 12.1 Å². The van der Waals surface area contributed by atoms with Crippen LogP contribution >= 0.6 is 0 Å². The van der Waals surface area contributed by atoms with Gasteiger partial charge in [0.25, 0.3) is 0 Å². The van der Waals surface area contributed by atoms with Crippen LogP contribution in [0, 0.1) is 11.7 Å². The lowest BCUT2D eigenvalue weighted by Gasteiger charge is -2.22. The molecule has 19 heavy (non-hydrogen) atoms. The molecule has 1 heterocycles. The molecule has 1 aromatic carbocycles. The highest BCUT2D eigenvalue weighted by Gasteiger charge is 2.13. The summed E-state index contributed by atoms with van der Waals surface area (Å²) in [5.41, 5.74) is 0.610. The zero-order valence-corrected chi connectivity index (χ0v) is 10.8. The van der Waals surface area contributed by atoms with E-state index in [4.69, 9.17) is 4.74 Å². The molecule has 1 aliphatic rings. The second-order valence-corrected chi connectivity index (χ2v) is 4.74. The maximum absolute atomic E-state index is 12.7. The Morgan fingerprint density at radius 3 is 2.63 bits per heavy atom. The lowest BCUT2D eigenvalue weighted by atomic mass is 10.0. The molecule has 0 aromatic heterocycles. The van der Waals surface area contributed by atoms with E-state index >= 15 is 0 Å². The number of hydrogen-bond acceptors (Lipinski definition) is 3. The van der Waals surface area contributed by atoms with Gasteiger partial charge in [-0.2, -0.15) is 0 Å². The van der Waals surface area contributed by atoms with Crippen LogP contribution in [0.1, 0.15) is 12.8 Å². The zero-order valence-electron chi connectivity index (χ0n) is 10.8. The Labute approximate surface area is 112 Å². The number of carbonyl (C=O) groups excluding carboxylic acids is 1. The van der Waals surface area contributed by atoms with Crippen molar-refractivity contribution in [2.75, 3.05) is 31.6 Å². The summed E-state index contributed by atoms with van der Waals surface area (Å²) in [6.07, 6.45) is 2.10. The van der Waals surface area contributed by atoms with Crippen molar-refractivity contribution >= 4 is 11.6 Å². The van der Waals surface area contributed by atoms with Crippen LogP contribution in [-0.2, 0) is 9.53 Å². The Bertz CT molecular complexity index is 402. The highest BCUT2D eigenvalue weighted by Crippen LogP contribution is 2.13. The van der Waals surface area contributed by atoms with Crippen molar-refractivity contribution in [2.45, 2.75) is 12.8 Å². The largest absolute Gasteiger partial charge is 0.381 e. The van der Waals surface area contributed by atoms with E-state index in [1.165, 1.54) is 12.1 Å². The van der Waals surface area contributed by atoms with E-state index in [-0.39, 0.29) is 18.3 Å². The normalized spacial score (nSPS) is 16.3. The SMILES string of the molecule is O=C(CNCC1CCOCC1)Nc1ccc(F)cc1. The van der Waals surface area contributed by atoms with Crippen molar-refractivity contribution in [2.24, 2.45) is 5.92 Å². The Hall–Kier alpha value is -1.46. The third kappa shape index (κ3) is 4.96. The maximum atomic E-state index is 12.7. The zero-order chi connectivity index (χ0) is 13.5. The number of carbonyl (C=O) groups is 1. The van der Waals surface area contributed by atoms with Gasteiger partial charge in [-0.1, -0.05) is 0 Å². The van der Waals surface area contributed by atoms with Gasteiger partial charge < -0.3 is 15.4 Å². The van der Waals surface area contributed by atoms with Crippen molar-refractivity contribution in [3.05, 3.63) is 30.1 Å². The molecule has 4 nitrogen and oxygen atoms in total. The number of nitrogens with one attached hydrogen (secondary N) is 2. The monoisotopic (exact) mass is 266 g/mol. The Morgan fingerprint density at radius 1 is 1.26 bits per heavy atom. The predicted octanol–water partition coefficient (Wildman–Crippen LogP) is 1.78. The number of rotatable bonds is 5. The molecule has 1 aliphatic heterocycles. The van der Waals surface area contributed by atoms with Crippen LogP contribution in [0.15, 0.2) is 24.3 Å². The first-order valence-corrected chi connectivity index (χ1v) is 6.58. The van der Waals surface area contributed by atoms with E-state index in [9.17, 15) is 9.18 Å². The molecule has 1 amide bonds. The Balaban J connectivity index is 1.65. The molecule has 104 valence electrons. The number of halogens is 1. The smallest absolute Gasteiger partial charge is 0.238 e. The lowest BCUT2D eigenvalue weighted by molar-refractivity contribution is -0.115. The molecule has 2 N–H and O–H groups in total. The van der Waals surface area contributed by atoms with Crippen LogP contribution in [0.25, 0.3) is 0 Å². The average molecular weight is 266 g/mol. The number of anilines is 1. The summed E-state index contributed by atoms with van der Waals surface area (Å²) in [7, 11) is 0. The van der Waals surface area contributed by atoms with Gasteiger partial charge in [-0.3, -0.25) is 4.79 Å². The fourth-order valence-electron chi connectivity index (χ4n) is 2.08. The number of amides is 1. The van der Waals surface area contributed by atoms with Gasteiger partial charge in [-0.15, -0.1) is 0 Å². The summed E-state index contributed by atoms with van der Waals surface area (Å²) in [4.78, 5) is 11.6. The molecule has 1 fully saturated rings. The second-order valence-electron chi connectivity index (χ2n) is 4.74. The van der Waals surface area contributed by atoms with Crippen LogP contribution in [0.2, 0.25) is 0 Å². The minimum Gasteiger partial charge on any atom is -0.381 e. The molecule has 0 spiro atoms. The molecule has 2 rings (SSSR count). The Kier molecular flexibility index (Phi) is 5.30. The molecule has 5 heteroatoms. The molecular weight excluding hydrogens is 247 g/mol. The molecule has 1 saturated heterocycles. The first-order chi connectivity index (χ1) is 9.24. The maximum Gasteiger partial charge on any atom is 0.238 e. The third-order valence-electron chi connectivity index (χ3n) is 3.19. The van der Waals surface area contributed by atoms with Crippen molar-refractivity contribution in [1.82, 2.24) is 5.32 Å². The fourth-order valence-corrected chi connectivity index (χ4v) is 2.08. The van der Waals surface area contributed by atoms with Crippen LogP contribution in [0.5, 0.6) is 0 Å². The first-order valence-electron chi connectivity index (χ1n) is 6.58. The fraction of sp³-hybridized carbons (Fsp3) is 0.500. The summed E-state index contributed by atoms with van der Waals surface area (Å²) < 4.78 is 18.0. The van der Waals surface area contributed by atoms with E-state index in [2.05, 4.69) is 10.6 Å². The van der Waals surface area contributed by atoms with Crippen LogP contribution in [0.4, 0.5) is 10.1 Å². The molecule has 0 unspecified atom stereocenters. The summed E-state index contributed by atoms with van der Waals surface area (Å²) in [5.74, 6) is 0.168.